The number of nitrogens with zero attached hydrogens (tertiary/aromatic N) is 2. The van der Waals surface area contributed by atoms with Gasteiger partial charge in [-0.05, 0) is 48.1 Å². The number of likely N-dealkylation sites (tertiary alicyclic amines) is 1. The third-order valence-electron chi connectivity index (χ3n) is 5.50. The number of hydrogen-bond donors (Lipinski definition) is 0. The van der Waals surface area contributed by atoms with Crippen LogP contribution in [0.25, 0.3) is 0 Å². The van der Waals surface area contributed by atoms with Crippen molar-refractivity contribution in [3.8, 4) is 0 Å². The molecule has 2 heterocycles. The summed E-state index contributed by atoms with van der Waals surface area (Å²) in [6.45, 7) is 0.643. The van der Waals surface area contributed by atoms with Gasteiger partial charge < -0.3 is 4.90 Å². The molecule has 8 heteroatoms. The Morgan fingerprint density at radius 2 is 1.69 bits per heavy atom. The first-order valence-corrected chi connectivity index (χ1v) is 9.24. The molecule has 2 aliphatic heterocycles. The minimum absolute atomic E-state index is 0.0769. The van der Waals surface area contributed by atoms with E-state index in [1.165, 1.54) is 17.0 Å². The Balaban J connectivity index is 1.48. The summed E-state index contributed by atoms with van der Waals surface area (Å²) in [5.41, 5.74) is 0.400. The zero-order valence-electron chi connectivity index (χ0n) is 15.3. The molecule has 152 valence electrons. The minimum Gasteiger partial charge on any atom is -0.337 e. The van der Waals surface area contributed by atoms with E-state index in [0.29, 0.717) is 18.4 Å². The van der Waals surface area contributed by atoms with E-state index in [1.54, 1.807) is 6.07 Å². The SMILES string of the molecule is O=C(C1=NCc2cc(F)c(F)cc21)N1CCC(c2ccccc2C(F)(F)F)CC1. The summed E-state index contributed by atoms with van der Waals surface area (Å²) < 4.78 is 66.8. The molecule has 0 aliphatic carbocycles. The fraction of sp³-hybridized carbons (Fsp3) is 0.333. The van der Waals surface area contributed by atoms with E-state index in [1.807, 2.05) is 0 Å². The van der Waals surface area contributed by atoms with Crippen LogP contribution in [0.4, 0.5) is 22.0 Å². The van der Waals surface area contributed by atoms with Crippen LogP contribution in [0.2, 0.25) is 0 Å². The standard InChI is InChI=1S/C21H17F5N2O/c22-17-9-13-11-27-19(15(13)10-18(17)23)20(29)28-7-5-12(6-8-28)14-3-1-2-4-16(14)21(24,25)26/h1-4,9-10,12H,5-8,11H2. The van der Waals surface area contributed by atoms with Crippen molar-refractivity contribution in [2.45, 2.75) is 31.5 Å². The van der Waals surface area contributed by atoms with Crippen LogP contribution >= 0.6 is 0 Å². The second kappa shape index (κ2) is 7.24. The summed E-state index contributed by atoms with van der Waals surface area (Å²) in [7, 11) is 0. The van der Waals surface area contributed by atoms with E-state index < -0.39 is 29.3 Å². The van der Waals surface area contributed by atoms with Gasteiger partial charge in [0.2, 0.25) is 0 Å². The maximum atomic E-state index is 13.6. The van der Waals surface area contributed by atoms with Gasteiger partial charge in [-0.15, -0.1) is 0 Å². The van der Waals surface area contributed by atoms with Gasteiger partial charge in [-0.3, -0.25) is 9.79 Å². The number of fused-ring (bicyclic) bond motifs is 1. The third kappa shape index (κ3) is 3.63. The molecular weight excluding hydrogens is 391 g/mol. The summed E-state index contributed by atoms with van der Waals surface area (Å²) in [6, 6.07) is 7.52. The summed E-state index contributed by atoms with van der Waals surface area (Å²) in [5, 5.41) is 0. The summed E-state index contributed by atoms with van der Waals surface area (Å²) in [4.78, 5) is 18.5. The van der Waals surface area contributed by atoms with Gasteiger partial charge in [-0.25, -0.2) is 8.78 Å². The number of alkyl halides is 3. The first-order chi connectivity index (χ1) is 13.8. The van der Waals surface area contributed by atoms with Crippen LogP contribution in [0, 0.1) is 11.6 Å². The fourth-order valence-electron chi connectivity index (χ4n) is 4.03. The van der Waals surface area contributed by atoms with Crippen LogP contribution in [0.1, 0.15) is 41.0 Å². The Hall–Kier alpha value is -2.77. The number of benzene rings is 2. The van der Waals surface area contributed by atoms with Gasteiger partial charge >= 0.3 is 6.18 Å². The summed E-state index contributed by atoms with van der Waals surface area (Å²) in [6.07, 6.45) is -3.65. The van der Waals surface area contributed by atoms with Gasteiger partial charge in [-0.2, -0.15) is 13.2 Å². The maximum Gasteiger partial charge on any atom is 0.416 e. The number of aliphatic imine (C=N–C) groups is 1. The van der Waals surface area contributed by atoms with Crippen LogP contribution in [0.3, 0.4) is 0 Å². The predicted octanol–water partition coefficient (Wildman–Crippen LogP) is 4.69. The molecule has 0 radical (unpaired) electrons. The number of rotatable bonds is 2. The van der Waals surface area contributed by atoms with Gasteiger partial charge in [-0.1, -0.05) is 18.2 Å². The van der Waals surface area contributed by atoms with Crippen molar-refractivity contribution in [3.63, 3.8) is 0 Å². The van der Waals surface area contributed by atoms with Crippen molar-refractivity contribution in [3.05, 3.63) is 70.3 Å². The second-order valence-electron chi connectivity index (χ2n) is 7.24. The molecule has 29 heavy (non-hydrogen) atoms. The first kappa shape index (κ1) is 19.5. The van der Waals surface area contributed by atoms with Crippen LogP contribution in [-0.4, -0.2) is 29.6 Å². The number of piperidine rings is 1. The molecule has 2 aromatic carbocycles. The van der Waals surface area contributed by atoms with Crippen molar-refractivity contribution in [1.29, 1.82) is 0 Å². The fourth-order valence-corrected chi connectivity index (χ4v) is 4.03. The average Bonchev–Trinajstić information content (AvgIpc) is 3.10. The summed E-state index contributed by atoms with van der Waals surface area (Å²) in [5.74, 6) is -2.75. The predicted molar refractivity (Wildman–Crippen MR) is 96.6 cm³/mol. The highest BCUT2D eigenvalue weighted by Crippen LogP contribution is 2.38. The van der Waals surface area contributed by atoms with Crippen LogP contribution in [0.5, 0.6) is 0 Å². The lowest BCUT2D eigenvalue weighted by Crippen LogP contribution is -2.42. The molecular formula is C21H17F5N2O. The number of carbonyl (C=O) groups is 1. The van der Waals surface area contributed by atoms with E-state index in [-0.39, 0.29) is 42.4 Å². The Bertz CT molecular complexity index is 991. The quantitative estimate of drug-likeness (QED) is 0.664. The van der Waals surface area contributed by atoms with Gasteiger partial charge in [0, 0.05) is 18.7 Å². The van der Waals surface area contributed by atoms with Crippen molar-refractivity contribution in [1.82, 2.24) is 4.90 Å². The normalized spacial score (nSPS) is 17.3. The van der Waals surface area contributed by atoms with Gasteiger partial charge in [0.05, 0.1) is 12.1 Å². The highest BCUT2D eigenvalue weighted by atomic mass is 19.4. The van der Waals surface area contributed by atoms with Crippen molar-refractivity contribution in [2.75, 3.05) is 13.1 Å². The molecule has 0 unspecified atom stereocenters. The Kier molecular flexibility index (Phi) is 4.88. The molecule has 2 aromatic rings. The molecule has 0 N–H and O–H groups in total. The van der Waals surface area contributed by atoms with E-state index in [9.17, 15) is 26.7 Å². The molecule has 1 saturated heterocycles. The Morgan fingerprint density at radius 3 is 2.38 bits per heavy atom. The third-order valence-corrected chi connectivity index (χ3v) is 5.50. The van der Waals surface area contributed by atoms with Crippen molar-refractivity contribution < 1.29 is 26.7 Å². The first-order valence-electron chi connectivity index (χ1n) is 9.24. The topological polar surface area (TPSA) is 32.7 Å². The molecule has 1 fully saturated rings. The molecule has 1 amide bonds. The molecule has 0 spiro atoms. The van der Waals surface area contributed by atoms with Crippen molar-refractivity contribution >= 4 is 11.6 Å². The van der Waals surface area contributed by atoms with E-state index in [0.717, 1.165) is 18.2 Å². The molecule has 2 aliphatic rings. The minimum atomic E-state index is -4.43. The number of halogens is 5. The Morgan fingerprint density at radius 1 is 1.03 bits per heavy atom. The van der Waals surface area contributed by atoms with E-state index >= 15 is 0 Å². The van der Waals surface area contributed by atoms with E-state index in [2.05, 4.69) is 4.99 Å². The number of carbonyl (C=O) groups excluding carboxylic acids is 1. The van der Waals surface area contributed by atoms with E-state index in [4.69, 9.17) is 0 Å². The number of hydrogen-bond acceptors (Lipinski definition) is 2. The van der Waals surface area contributed by atoms with Gasteiger partial charge in [0.15, 0.2) is 11.6 Å². The largest absolute Gasteiger partial charge is 0.416 e. The van der Waals surface area contributed by atoms with Crippen LogP contribution < -0.4 is 0 Å². The van der Waals surface area contributed by atoms with Crippen LogP contribution in [-0.2, 0) is 17.5 Å². The smallest absolute Gasteiger partial charge is 0.337 e. The van der Waals surface area contributed by atoms with Crippen LogP contribution in [0.15, 0.2) is 41.4 Å². The zero-order chi connectivity index (χ0) is 20.8. The van der Waals surface area contributed by atoms with Gasteiger partial charge in [0.25, 0.3) is 5.91 Å². The molecule has 0 saturated carbocycles. The lowest BCUT2D eigenvalue weighted by molar-refractivity contribution is -0.138. The number of amides is 1. The lowest BCUT2D eigenvalue weighted by Gasteiger charge is -2.33. The maximum absolute atomic E-state index is 13.6. The highest BCUT2D eigenvalue weighted by Gasteiger charge is 2.37. The molecule has 4 rings (SSSR count). The lowest BCUT2D eigenvalue weighted by atomic mass is 9.86. The molecule has 0 bridgehead atoms. The Labute approximate surface area is 163 Å². The monoisotopic (exact) mass is 408 g/mol. The van der Waals surface area contributed by atoms with Gasteiger partial charge in [0.1, 0.15) is 5.71 Å². The second-order valence-corrected chi connectivity index (χ2v) is 7.24. The van der Waals surface area contributed by atoms with Crippen molar-refractivity contribution in [2.24, 2.45) is 4.99 Å². The average molecular weight is 408 g/mol. The highest BCUT2D eigenvalue weighted by molar-refractivity contribution is 6.46. The summed E-state index contributed by atoms with van der Waals surface area (Å²) >= 11 is 0. The molecule has 0 atom stereocenters. The zero-order valence-corrected chi connectivity index (χ0v) is 15.3. The molecule has 0 aromatic heterocycles. The molecule has 3 nitrogen and oxygen atoms in total.